The van der Waals surface area contributed by atoms with Gasteiger partial charge in [-0.15, -0.1) is 9.24 Å². The topological polar surface area (TPSA) is 0 Å². The zero-order chi connectivity index (χ0) is 15.6. The highest BCUT2D eigenvalue weighted by Crippen LogP contribution is 2.07. The van der Waals surface area contributed by atoms with Crippen LogP contribution in [0.2, 0.25) is 5.02 Å². The number of benzene rings is 3. The lowest BCUT2D eigenvalue weighted by molar-refractivity contribution is 1.65. The molecule has 2 heteroatoms. The van der Waals surface area contributed by atoms with Crippen LogP contribution in [0.25, 0.3) is 12.2 Å². The van der Waals surface area contributed by atoms with E-state index in [0.29, 0.717) is 0 Å². The van der Waals surface area contributed by atoms with Gasteiger partial charge in [-0.05, 0) is 28.6 Å². The molecule has 0 fully saturated rings. The number of halogens is 1. The minimum absolute atomic E-state index is 0.788. The summed E-state index contributed by atoms with van der Waals surface area (Å²) in [6.45, 7) is 0. The molecule has 0 heterocycles. The monoisotopic (exact) mass is 324 g/mol. The fraction of sp³-hybridized carbons (Fsp3) is 0. The second kappa shape index (κ2) is 9.20. The summed E-state index contributed by atoms with van der Waals surface area (Å²) in [4.78, 5) is 0. The first-order valence-corrected chi connectivity index (χ1v) is 7.99. The van der Waals surface area contributed by atoms with Gasteiger partial charge in [-0.25, -0.2) is 0 Å². The Hall–Kier alpha value is -1.88. The summed E-state index contributed by atoms with van der Waals surface area (Å²) in [7, 11) is 2.59. The van der Waals surface area contributed by atoms with E-state index in [1.165, 1.54) is 11.1 Å². The second-order valence-electron chi connectivity index (χ2n) is 4.71. The summed E-state index contributed by atoms with van der Waals surface area (Å²) in [5.41, 5.74) is 2.47. The van der Waals surface area contributed by atoms with Gasteiger partial charge in [0.2, 0.25) is 0 Å². The maximum Gasteiger partial charge on any atom is 0.0406 e. The van der Waals surface area contributed by atoms with Crippen LogP contribution in [-0.2, 0) is 0 Å². The third-order valence-corrected chi connectivity index (χ3v) is 3.57. The van der Waals surface area contributed by atoms with Gasteiger partial charge in [-0.2, -0.15) is 0 Å². The molecule has 1 unspecified atom stereocenters. The summed E-state index contributed by atoms with van der Waals surface area (Å²) in [5.74, 6) is 0. The highest BCUT2D eigenvalue weighted by Gasteiger charge is 1.84. The van der Waals surface area contributed by atoms with E-state index < -0.39 is 0 Å². The largest absolute Gasteiger partial charge is 0.106 e. The van der Waals surface area contributed by atoms with Gasteiger partial charge in [0.05, 0.1) is 0 Å². The van der Waals surface area contributed by atoms with E-state index in [9.17, 15) is 0 Å². The highest BCUT2D eigenvalue weighted by atomic mass is 35.5. The van der Waals surface area contributed by atoms with Gasteiger partial charge in [0, 0.05) is 5.02 Å². The molecule has 0 nitrogen and oxygen atoms in total. The van der Waals surface area contributed by atoms with Crippen LogP contribution < -0.4 is 5.30 Å². The van der Waals surface area contributed by atoms with E-state index in [-0.39, 0.29) is 0 Å². The Morgan fingerprint density at radius 2 is 1.00 bits per heavy atom. The minimum Gasteiger partial charge on any atom is -0.106 e. The summed E-state index contributed by atoms with van der Waals surface area (Å²) in [5, 5.41) is 1.95. The van der Waals surface area contributed by atoms with Gasteiger partial charge >= 0.3 is 0 Å². The average molecular weight is 325 g/mol. The van der Waals surface area contributed by atoms with Crippen molar-refractivity contribution < 1.29 is 0 Å². The Labute approximate surface area is 139 Å². The fourth-order valence-electron chi connectivity index (χ4n) is 1.78. The first-order valence-electron chi connectivity index (χ1n) is 7.03. The first-order chi connectivity index (χ1) is 10.7. The molecule has 0 aromatic heterocycles. The van der Waals surface area contributed by atoms with E-state index in [4.69, 9.17) is 11.6 Å². The standard InChI is InChI=1S/C14H12.C6H6ClP/c1-3-7-13(8-4-1)11-12-14-9-5-2-6-10-14;7-5-1-3-6(8)4-2-5/h1-12H;1-4H,8H2. The quantitative estimate of drug-likeness (QED) is 0.419. The lowest BCUT2D eigenvalue weighted by Crippen LogP contribution is -1.84. The molecule has 0 bridgehead atoms. The maximum atomic E-state index is 5.60. The van der Waals surface area contributed by atoms with E-state index in [2.05, 4.69) is 45.7 Å². The van der Waals surface area contributed by atoms with Crippen LogP contribution in [0.4, 0.5) is 0 Å². The van der Waals surface area contributed by atoms with Crippen molar-refractivity contribution in [3.05, 3.63) is 101 Å². The van der Waals surface area contributed by atoms with Crippen LogP contribution in [0.1, 0.15) is 11.1 Å². The molecule has 0 amide bonds. The predicted molar refractivity (Wildman–Crippen MR) is 103 cm³/mol. The molecule has 3 rings (SSSR count). The molecule has 1 atom stereocenters. The maximum absolute atomic E-state index is 5.60. The Balaban J connectivity index is 0.000000188. The van der Waals surface area contributed by atoms with E-state index >= 15 is 0 Å². The van der Waals surface area contributed by atoms with Crippen molar-refractivity contribution in [1.82, 2.24) is 0 Å². The molecule has 0 saturated heterocycles. The van der Waals surface area contributed by atoms with Crippen LogP contribution in [0.3, 0.4) is 0 Å². The third-order valence-electron chi connectivity index (χ3n) is 2.94. The molecule has 0 spiro atoms. The summed E-state index contributed by atoms with van der Waals surface area (Å²) >= 11 is 5.60. The molecule has 0 N–H and O–H groups in total. The van der Waals surface area contributed by atoms with Crippen LogP contribution >= 0.6 is 20.8 Å². The van der Waals surface area contributed by atoms with E-state index in [0.717, 1.165) is 10.3 Å². The van der Waals surface area contributed by atoms with Crippen LogP contribution in [-0.4, -0.2) is 0 Å². The molecule has 110 valence electrons. The van der Waals surface area contributed by atoms with Gasteiger partial charge in [-0.3, -0.25) is 0 Å². The Morgan fingerprint density at radius 3 is 1.36 bits per heavy atom. The van der Waals surface area contributed by atoms with Gasteiger partial charge in [0.15, 0.2) is 0 Å². The molecule has 22 heavy (non-hydrogen) atoms. The lowest BCUT2D eigenvalue weighted by Gasteiger charge is -1.92. The zero-order valence-electron chi connectivity index (χ0n) is 12.2. The molecule has 0 aliphatic rings. The van der Waals surface area contributed by atoms with Crippen molar-refractivity contribution in [2.45, 2.75) is 0 Å². The molecule has 0 radical (unpaired) electrons. The van der Waals surface area contributed by atoms with Gasteiger partial charge in [0.1, 0.15) is 0 Å². The van der Waals surface area contributed by atoms with Crippen molar-refractivity contribution in [2.75, 3.05) is 0 Å². The second-order valence-corrected chi connectivity index (χ2v) is 5.81. The third kappa shape index (κ3) is 6.26. The Kier molecular flexibility index (Phi) is 6.90. The van der Waals surface area contributed by atoms with Crippen molar-refractivity contribution >= 4 is 38.3 Å². The van der Waals surface area contributed by atoms with E-state index in [1.807, 2.05) is 60.7 Å². The molecule has 0 aliphatic heterocycles. The fourth-order valence-corrected chi connectivity index (χ4v) is 2.10. The number of hydrogen-bond donors (Lipinski definition) is 0. The van der Waals surface area contributed by atoms with Crippen molar-refractivity contribution in [1.29, 1.82) is 0 Å². The average Bonchev–Trinajstić information content (AvgIpc) is 2.58. The summed E-state index contributed by atoms with van der Waals surface area (Å²) in [6, 6.07) is 28.3. The SMILES string of the molecule is C(=Cc1ccccc1)c1ccccc1.Pc1ccc(Cl)cc1. The Morgan fingerprint density at radius 1 is 0.591 bits per heavy atom. The molecule has 3 aromatic carbocycles. The molecular formula is C20H18ClP. The summed E-state index contributed by atoms with van der Waals surface area (Å²) < 4.78 is 0. The number of hydrogen-bond acceptors (Lipinski definition) is 0. The van der Waals surface area contributed by atoms with E-state index in [1.54, 1.807) is 0 Å². The van der Waals surface area contributed by atoms with Gasteiger partial charge in [0.25, 0.3) is 0 Å². The van der Waals surface area contributed by atoms with Crippen LogP contribution in [0.15, 0.2) is 84.9 Å². The van der Waals surface area contributed by atoms with Crippen molar-refractivity contribution in [3.8, 4) is 0 Å². The van der Waals surface area contributed by atoms with Gasteiger partial charge < -0.3 is 0 Å². The predicted octanol–water partition coefficient (Wildman–Crippen LogP) is 5.70. The Bertz CT molecular complexity index is 626. The lowest BCUT2D eigenvalue weighted by atomic mass is 10.1. The van der Waals surface area contributed by atoms with Crippen LogP contribution in [0.5, 0.6) is 0 Å². The molecule has 0 saturated carbocycles. The number of rotatable bonds is 2. The molecular weight excluding hydrogens is 307 g/mol. The molecule has 0 aliphatic carbocycles. The minimum atomic E-state index is 0.788. The first kappa shape index (κ1) is 16.5. The van der Waals surface area contributed by atoms with Gasteiger partial charge in [-0.1, -0.05) is 96.5 Å². The summed E-state index contributed by atoms with van der Waals surface area (Å²) in [6.07, 6.45) is 4.24. The smallest absolute Gasteiger partial charge is 0.0406 e. The van der Waals surface area contributed by atoms with Crippen molar-refractivity contribution in [2.24, 2.45) is 0 Å². The van der Waals surface area contributed by atoms with Crippen molar-refractivity contribution in [3.63, 3.8) is 0 Å². The normalized spacial score (nSPS) is 10.1. The molecule has 3 aromatic rings. The van der Waals surface area contributed by atoms with Crippen LogP contribution in [0, 0.1) is 0 Å². The highest BCUT2D eigenvalue weighted by molar-refractivity contribution is 7.27. The zero-order valence-corrected chi connectivity index (χ0v) is 14.1.